The van der Waals surface area contributed by atoms with Crippen molar-refractivity contribution in [1.29, 1.82) is 0 Å². The number of carbonyl (C=O) groups excluding carboxylic acids is 1. The van der Waals surface area contributed by atoms with Gasteiger partial charge in [-0.25, -0.2) is 0 Å². The molecule has 0 bridgehead atoms. The van der Waals surface area contributed by atoms with Crippen molar-refractivity contribution in [2.45, 2.75) is 0 Å². The van der Waals surface area contributed by atoms with Crippen LogP contribution in [0.3, 0.4) is 0 Å². The molecular formula is C16H9BrClNOS2. The molecule has 6 heteroatoms. The fourth-order valence-corrected chi connectivity index (χ4v) is 3.79. The Morgan fingerprint density at radius 2 is 1.91 bits per heavy atom. The van der Waals surface area contributed by atoms with Crippen molar-refractivity contribution in [2.75, 3.05) is 4.90 Å². The van der Waals surface area contributed by atoms with E-state index < -0.39 is 0 Å². The molecule has 1 heterocycles. The highest BCUT2D eigenvalue weighted by Crippen LogP contribution is 2.36. The van der Waals surface area contributed by atoms with Crippen molar-refractivity contribution in [1.82, 2.24) is 0 Å². The van der Waals surface area contributed by atoms with Crippen LogP contribution in [0.15, 0.2) is 57.9 Å². The largest absolute Gasteiger partial charge is 0.270 e. The average molecular weight is 411 g/mol. The summed E-state index contributed by atoms with van der Waals surface area (Å²) in [6, 6.07) is 14.8. The van der Waals surface area contributed by atoms with Crippen LogP contribution in [0, 0.1) is 0 Å². The van der Waals surface area contributed by atoms with Gasteiger partial charge >= 0.3 is 0 Å². The minimum atomic E-state index is -0.114. The van der Waals surface area contributed by atoms with Gasteiger partial charge < -0.3 is 0 Å². The van der Waals surface area contributed by atoms with Crippen molar-refractivity contribution in [3.05, 3.63) is 68.5 Å². The summed E-state index contributed by atoms with van der Waals surface area (Å²) >= 11 is 16.0. The summed E-state index contributed by atoms with van der Waals surface area (Å²) in [5.41, 5.74) is 1.64. The third kappa shape index (κ3) is 3.27. The number of anilines is 1. The van der Waals surface area contributed by atoms with Crippen molar-refractivity contribution in [3.63, 3.8) is 0 Å². The second-order valence-electron chi connectivity index (χ2n) is 4.55. The van der Waals surface area contributed by atoms with Gasteiger partial charge in [0, 0.05) is 9.50 Å². The van der Waals surface area contributed by atoms with E-state index in [0.29, 0.717) is 14.2 Å². The first kappa shape index (κ1) is 15.7. The first-order valence-corrected chi connectivity index (χ1v) is 8.73. The predicted molar refractivity (Wildman–Crippen MR) is 101 cm³/mol. The summed E-state index contributed by atoms with van der Waals surface area (Å²) in [7, 11) is 0. The number of halogens is 2. The lowest BCUT2D eigenvalue weighted by Gasteiger charge is -2.14. The summed E-state index contributed by atoms with van der Waals surface area (Å²) in [4.78, 5) is 14.7. The number of carbonyl (C=O) groups is 1. The molecule has 3 rings (SSSR count). The molecule has 2 aromatic rings. The summed E-state index contributed by atoms with van der Waals surface area (Å²) in [6.07, 6.45) is 1.81. The van der Waals surface area contributed by atoms with E-state index in [0.717, 1.165) is 15.7 Å². The first-order valence-electron chi connectivity index (χ1n) is 6.34. The number of nitrogens with zero attached hydrogens (tertiary/aromatic N) is 1. The highest BCUT2D eigenvalue weighted by atomic mass is 79.9. The molecule has 0 radical (unpaired) electrons. The molecule has 110 valence electrons. The molecule has 0 aromatic heterocycles. The van der Waals surface area contributed by atoms with Gasteiger partial charge in [-0.1, -0.05) is 63.6 Å². The molecule has 0 atom stereocenters. The Bertz CT molecular complexity index is 789. The summed E-state index contributed by atoms with van der Waals surface area (Å²) in [5, 5.41) is 0.636. The molecule has 1 amide bonds. The maximum atomic E-state index is 12.6. The second kappa shape index (κ2) is 6.54. The minimum Gasteiger partial charge on any atom is -0.268 e. The lowest BCUT2D eigenvalue weighted by Crippen LogP contribution is -2.27. The van der Waals surface area contributed by atoms with E-state index in [9.17, 15) is 4.79 Å². The number of benzene rings is 2. The van der Waals surface area contributed by atoms with Gasteiger partial charge in [0.05, 0.1) is 10.6 Å². The Kier molecular flexibility index (Phi) is 4.68. The van der Waals surface area contributed by atoms with E-state index >= 15 is 0 Å². The minimum absolute atomic E-state index is 0.114. The number of hydrogen-bond acceptors (Lipinski definition) is 3. The number of thioether (sulfide) groups is 1. The number of amides is 1. The van der Waals surface area contributed by atoms with Crippen molar-refractivity contribution in [3.8, 4) is 0 Å². The predicted octanol–water partition coefficient (Wildman–Crippen LogP) is 5.51. The molecule has 1 saturated heterocycles. The summed E-state index contributed by atoms with van der Waals surface area (Å²) in [5.74, 6) is -0.114. The molecule has 1 aliphatic rings. The van der Waals surface area contributed by atoms with Crippen molar-refractivity contribution in [2.24, 2.45) is 0 Å². The van der Waals surface area contributed by atoms with E-state index in [2.05, 4.69) is 15.9 Å². The molecule has 2 nitrogen and oxygen atoms in total. The fourth-order valence-electron chi connectivity index (χ4n) is 2.03. The topological polar surface area (TPSA) is 20.3 Å². The van der Waals surface area contributed by atoms with Gasteiger partial charge in [-0.05, 0) is 48.0 Å². The Morgan fingerprint density at radius 1 is 1.18 bits per heavy atom. The zero-order valence-corrected chi connectivity index (χ0v) is 15.1. The zero-order valence-electron chi connectivity index (χ0n) is 11.1. The van der Waals surface area contributed by atoms with Gasteiger partial charge in [0.1, 0.15) is 0 Å². The van der Waals surface area contributed by atoms with Crippen LogP contribution in [-0.4, -0.2) is 10.2 Å². The van der Waals surface area contributed by atoms with Gasteiger partial charge in [-0.2, -0.15) is 0 Å². The summed E-state index contributed by atoms with van der Waals surface area (Å²) in [6.45, 7) is 0. The molecule has 0 spiro atoms. The molecule has 1 fully saturated rings. The van der Waals surface area contributed by atoms with Gasteiger partial charge in [0.15, 0.2) is 4.32 Å². The molecule has 1 aliphatic heterocycles. The van der Waals surface area contributed by atoms with Crippen molar-refractivity contribution >= 4 is 73.5 Å². The van der Waals surface area contributed by atoms with Gasteiger partial charge in [0.25, 0.3) is 5.91 Å². The lowest BCUT2D eigenvalue weighted by molar-refractivity contribution is -0.113. The van der Waals surface area contributed by atoms with Crippen LogP contribution in [-0.2, 0) is 4.79 Å². The highest BCUT2D eigenvalue weighted by Gasteiger charge is 2.33. The van der Waals surface area contributed by atoms with E-state index in [-0.39, 0.29) is 5.91 Å². The fraction of sp³-hybridized carbons (Fsp3) is 0. The highest BCUT2D eigenvalue weighted by molar-refractivity contribution is 9.10. The van der Waals surface area contributed by atoms with Crippen LogP contribution >= 0.6 is 51.5 Å². The van der Waals surface area contributed by atoms with Crippen LogP contribution in [0.1, 0.15) is 5.56 Å². The maximum absolute atomic E-state index is 12.6. The van der Waals surface area contributed by atoms with Gasteiger partial charge in [0.2, 0.25) is 0 Å². The van der Waals surface area contributed by atoms with Gasteiger partial charge in [-0.3, -0.25) is 9.69 Å². The number of hydrogen-bond donors (Lipinski definition) is 0. The third-order valence-corrected chi connectivity index (χ3v) is 5.09. The molecule has 0 aliphatic carbocycles. The number of rotatable bonds is 2. The van der Waals surface area contributed by atoms with Gasteiger partial charge in [-0.15, -0.1) is 0 Å². The Balaban J connectivity index is 1.93. The van der Waals surface area contributed by atoms with E-state index in [1.807, 2.05) is 48.5 Å². The van der Waals surface area contributed by atoms with E-state index in [1.54, 1.807) is 11.0 Å². The summed E-state index contributed by atoms with van der Waals surface area (Å²) < 4.78 is 1.48. The Morgan fingerprint density at radius 3 is 2.59 bits per heavy atom. The molecule has 22 heavy (non-hydrogen) atoms. The first-order chi connectivity index (χ1) is 10.5. The normalized spacial score (nSPS) is 16.6. The zero-order chi connectivity index (χ0) is 15.7. The molecule has 0 N–H and O–H groups in total. The number of thiocarbonyl (C=S) groups is 1. The van der Waals surface area contributed by atoms with Crippen LogP contribution in [0.5, 0.6) is 0 Å². The Hall–Kier alpha value is -1.14. The SMILES string of the molecule is O=C1/C(=C/c2cccc(Cl)c2)SC(=S)N1c1ccc(Br)cc1. The smallest absolute Gasteiger partial charge is 0.268 e. The molecular weight excluding hydrogens is 402 g/mol. The maximum Gasteiger partial charge on any atom is 0.270 e. The van der Waals surface area contributed by atoms with Crippen LogP contribution < -0.4 is 4.90 Å². The monoisotopic (exact) mass is 409 g/mol. The average Bonchev–Trinajstić information content (AvgIpc) is 2.75. The standard InChI is InChI=1S/C16H9BrClNOS2/c17-11-4-6-13(7-5-11)19-15(20)14(22-16(19)21)9-10-2-1-3-12(18)8-10/h1-9H/b14-9-. The molecule has 2 aromatic carbocycles. The molecule has 0 saturated carbocycles. The third-order valence-electron chi connectivity index (χ3n) is 3.02. The van der Waals surface area contributed by atoms with Crippen LogP contribution in [0.4, 0.5) is 5.69 Å². The van der Waals surface area contributed by atoms with Crippen LogP contribution in [0.2, 0.25) is 5.02 Å². The van der Waals surface area contributed by atoms with Crippen molar-refractivity contribution < 1.29 is 4.79 Å². The van der Waals surface area contributed by atoms with E-state index in [4.69, 9.17) is 23.8 Å². The van der Waals surface area contributed by atoms with E-state index in [1.165, 1.54) is 11.8 Å². The molecule has 0 unspecified atom stereocenters. The second-order valence-corrected chi connectivity index (χ2v) is 7.58. The lowest BCUT2D eigenvalue weighted by atomic mass is 10.2. The quantitative estimate of drug-likeness (QED) is 0.481. The Labute approximate surface area is 151 Å². The van der Waals surface area contributed by atoms with Crippen LogP contribution in [0.25, 0.3) is 6.08 Å².